The van der Waals surface area contributed by atoms with Gasteiger partial charge in [0, 0.05) is 24.7 Å². The third-order valence-electron chi connectivity index (χ3n) is 5.65. The first-order chi connectivity index (χ1) is 14.0. The number of aromatic nitrogens is 3. The summed E-state index contributed by atoms with van der Waals surface area (Å²) in [5, 5.41) is 12.4. The topological polar surface area (TPSA) is 133 Å². The second kappa shape index (κ2) is 7.78. The minimum absolute atomic E-state index is 0.0105. The Kier molecular flexibility index (Phi) is 5.18. The van der Waals surface area contributed by atoms with E-state index in [-0.39, 0.29) is 29.7 Å². The first kappa shape index (κ1) is 19.3. The minimum Gasteiger partial charge on any atom is -0.456 e. The number of hydrogen-bond donors (Lipinski definition) is 3. The number of aryl methyl sites for hydroxylation is 1. The first-order valence-electron chi connectivity index (χ1n) is 9.76. The van der Waals surface area contributed by atoms with Crippen molar-refractivity contribution in [3.05, 3.63) is 46.0 Å². The van der Waals surface area contributed by atoms with Gasteiger partial charge in [0.05, 0.1) is 6.54 Å². The zero-order chi connectivity index (χ0) is 20.4. The third kappa shape index (κ3) is 3.93. The number of carbonyl (C=O) groups excluding carboxylic acids is 2. The van der Waals surface area contributed by atoms with Crippen molar-refractivity contribution in [2.45, 2.75) is 50.7 Å². The van der Waals surface area contributed by atoms with E-state index in [1.807, 2.05) is 0 Å². The van der Waals surface area contributed by atoms with E-state index in [2.05, 4.69) is 30.7 Å². The monoisotopic (exact) mass is 400 g/mol. The van der Waals surface area contributed by atoms with Crippen LogP contribution in [0.4, 0.5) is 0 Å². The van der Waals surface area contributed by atoms with Crippen molar-refractivity contribution in [3.63, 3.8) is 0 Å². The molecule has 2 saturated heterocycles. The average molecular weight is 400 g/mol. The molecule has 154 valence electrons. The van der Waals surface area contributed by atoms with Crippen LogP contribution in [0.1, 0.15) is 47.8 Å². The fourth-order valence-electron chi connectivity index (χ4n) is 4.39. The smallest absolute Gasteiger partial charge is 0.287 e. The zero-order valence-electron chi connectivity index (χ0n) is 16.2. The molecular formula is C19H24N6O4. The Morgan fingerprint density at radius 1 is 1.38 bits per heavy atom. The van der Waals surface area contributed by atoms with E-state index in [0.717, 1.165) is 25.8 Å². The molecule has 0 spiro atoms. The van der Waals surface area contributed by atoms with Crippen LogP contribution in [0.5, 0.6) is 0 Å². The highest BCUT2D eigenvalue weighted by Crippen LogP contribution is 2.38. The average Bonchev–Trinajstić information content (AvgIpc) is 3.33. The number of carbonyl (C=O) groups is 2. The molecule has 0 bridgehead atoms. The van der Waals surface area contributed by atoms with Crippen molar-refractivity contribution in [3.8, 4) is 0 Å². The Morgan fingerprint density at radius 2 is 2.24 bits per heavy atom. The molecule has 0 unspecified atom stereocenters. The highest BCUT2D eigenvalue weighted by atomic mass is 16.3. The molecule has 3 N–H and O–H groups in total. The number of hydrogen-bond acceptors (Lipinski definition) is 7. The van der Waals surface area contributed by atoms with Crippen LogP contribution in [0.2, 0.25) is 0 Å². The van der Waals surface area contributed by atoms with E-state index in [0.29, 0.717) is 24.6 Å². The molecule has 29 heavy (non-hydrogen) atoms. The summed E-state index contributed by atoms with van der Waals surface area (Å²) in [5.41, 5.74) is -0.921. The molecule has 0 aromatic carbocycles. The van der Waals surface area contributed by atoms with Crippen LogP contribution in [0.15, 0.2) is 27.7 Å². The van der Waals surface area contributed by atoms with Gasteiger partial charge >= 0.3 is 0 Å². The summed E-state index contributed by atoms with van der Waals surface area (Å²) in [6.07, 6.45) is 4.62. The predicted molar refractivity (Wildman–Crippen MR) is 102 cm³/mol. The van der Waals surface area contributed by atoms with Gasteiger partial charge in [-0.1, -0.05) is 0 Å². The Labute approximate surface area is 167 Å². The third-order valence-corrected chi connectivity index (χ3v) is 5.65. The molecule has 2 aliphatic rings. The molecule has 2 atom stereocenters. The summed E-state index contributed by atoms with van der Waals surface area (Å²) in [4.78, 5) is 43.5. The van der Waals surface area contributed by atoms with Gasteiger partial charge < -0.3 is 15.1 Å². The van der Waals surface area contributed by atoms with Crippen LogP contribution in [0.25, 0.3) is 0 Å². The van der Waals surface area contributed by atoms with Gasteiger partial charge in [0.15, 0.2) is 11.2 Å². The highest BCUT2D eigenvalue weighted by Gasteiger charge is 2.52. The van der Waals surface area contributed by atoms with Crippen molar-refractivity contribution in [1.82, 2.24) is 30.7 Å². The lowest BCUT2D eigenvalue weighted by Crippen LogP contribution is -2.57. The number of piperidine rings is 1. The Balaban J connectivity index is 1.46. The van der Waals surface area contributed by atoms with Gasteiger partial charge in [-0.15, -0.1) is 0 Å². The quantitative estimate of drug-likeness (QED) is 0.649. The molecule has 4 heterocycles. The number of rotatable bonds is 5. The minimum atomic E-state index is -0.649. The van der Waals surface area contributed by atoms with Crippen molar-refractivity contribution in [2.75, 3.05) is 13.1 Å². The molecule has 2 aromatic heterocycles. The van der Waals surface area contributed by atoms with E-state index in [1.165, 1.54) is 18.5 Å². The van der Waals surface area contributed by atoms with Crippen LogP contribution in [0.3, 0.4) is 0 Å². The van der Waals surface area contributed by atoms with Gasteiger partial charge in [0.2, 0.25) is 5.91 Å². The molecule has 0 saturated carbocycles. The standard InChI is InChI=1S/C19H24N6O4/c1-12-6-14(26)7-15(29-12)17(27)23-13-8-19(4-2-3-5-25(19)10-13)18(28)20-9-16-21-11-22-24-16/h6-7,11,13H,2-5,8-10H2,1H3,(H,20,28)(H,23,27)(H,21,22,24)/t13-,19-/m0/s1. The fourth-order valence-corrected chi connectivity index (χ4v) is 4.39. The lowest BCUT2D eigenvalue weighted by molar-refractivity contribution is -0.134. The second-order valence-electron chi connectivity index (χ2n) is 7.69. The van der Waals surface area contributed by atoms with E-state index in [9.17, 15) is 14.4 Å². The molecule has 2 fully saturated rings. The van der Waals surface area contributed by atoms with Gasteiger partial charge in [0.1, 0.15) is 23.5 Å². The second-order valence-corrected chi connectivity index (χ2v) is 7.69. The fraction of sp³-hybridized carbons (Fsp3) is 0.526. The molecule has 2 aromatic rings. The number of nitrogens with one attached hydrogen (secondary N) is 3. The molecule has 2 aliphatic heterocycles. The van der Waals surface area contributed by atoms with Gasteiger partial charge in [-0.3, -0.25) is 24.4 Å². The molecular weight excluding hydrogens is 376 g/mol. The lowest BCUT2D eigenvalue weighted by Gasteiger charge is -2.40. The van der Waals surface area contributed by atoms with Gasteiger partial charge in [0.25, 0.3) is 5.91 Å². The van der Waals surface area contributed by atoms with Crippen LogP contribution < -0.4 is 16.1 Å². The maximum Gasteiger partial charge on any atom is 0.287 e. The van der Waals surface area contributed by atoms with Crippen molar-refractivity contribution in [2.24, 2.45) is 0 Å². The summed E-state index contributed by atoms with van der Waals surface area (Å²) >= 11 is 0. The molecule has 10 nitrogen and oxygen atoms in total. The summed E-state index contributed by atoms with van der Waals surface area (Å²) in [6.45, 7) is 3.29. The zero-order valence-corrected chi connectivity index (χ0v) is 16.2. The summed E-state index contributed by atoms with van der Waals surface area (Å²) in [7, 11) is 0. The van der Waals surface area contributed by atoms with Crippen molar-refractivity contribution < 1.29 is 14.0 Å². The maximum atomic E-state index is 13.1. The number of nitrogens with zero attached hydrogens (tertiary/aromatic N) is 3. The van der Waals surface area contributed by atoms with Gasteiger partial charge in [-0.2, -0.15) is 5.10 Å². The number of aromatic amines is 1. The summed E-state index contributed by atoms with van der Waals surface area (Å²) in [6, 6.07) is 2.31. The van der Waals surface area contributed by atoms with Gasteiger partial charge in [-0.05, 0) is 39.2 Å². The molecule has 4 rings (SSSR count). The normalized spacial score (nSPS) is 24.1. The predicted octanol–water partition coefficient (Wildman–Crippen LogP) is 0.110. The molecule has 10 heteroatoms. The van der Waals surface area contributed by atoms with E-state index in [4.69, 9.17) is 4.42 Å². The van der Waals surface area contributed by atoms with Crippen LogP contribution in [-0.2, 0) is 11.3 Å². The van der Waals surface area contributed by atoms with Crippen LogP contribution >= 0.6 is 0 Å². The van der Waals surface area contributed by atoms with E-state index < -0.39 is 11.4 Å². The van der Waals surface area contributed by atoms with Gasteiger partial charge in [-0.25, -0.2) is 4.98 Å². The first-order valence-corrected chi connectivity index (χ1v) is 9.76. The van der Waals surface area contributed by atoms with Crippen molar-refractivity contribution >= 4 is 11.8 Å². The Morgan fingerprint density at radius 3 is 3.00 bits per heavy atom. The lowest BCUT2D eigenvalue weighted by atomic mass is 9.84. The highest BCUT2D eigenvalue weighted by molar-refractivity contribution is 5.92. The molecule has 2 amide bonds. The van der Waals surface area contributed by atoms with E-state index >= 15 is 0 Å². The van der Waals surface area contributed by atoms with E-state index in [1.54, 1.807) is 6.92 Å². The van der Waals surface area contributed by atoms with Crippen molar-refractivity contribution in [1.29, 1.82) is 0 Å². The largest absolute Gasteiger partial charge is 0.456 e. The van der Waals surface area contributed by atoms with Crippen LogP contribution in [0, 0.1) is 6.92 Å². The molecule has 0 radical (unpaired) electrons. The Bertz CT molecular complexity index is 956. The molecule has 0 aliphatic carbocycles. The maximum absolute atomic E-state index is 13.1. The Hall–Kier alpha value is -3.01. The number of amides is 2. The summed E-state index contributed by atoms with van der Waals surface area (Å²) < 4.78 is 5.38. The van der Waals surface area contributed by atoms with Crippen LogP contribution in [-0.4, -0.2) is 56.6 Å². The number of H-pyrrole nitrogens is 1. The SMILES string of the molecule is Cc1cc(=O)cc(C(=O)N[C@@H]2CN3CCCC[C@@]3(C(=O)NCc3ncn[nH]3)C2)o1. The number of fused-ring (bicyclic) bond motifs is 1. The summed E-state index contributed by atoms with van der Waals surface area (Å²) in [5.74, 6) is 0.466.